The van der Waals surface area contributed by atoms with Crippen LogP contribution < -0.4 is 10.1 Å². The fourth-order valence-electron chi connectivity index (χ4n) is 2.33. The number of allylic oxidation sites excluding steroid dienone is 1. The monoisotopic (exact) mass is 418 g/mol. The van der Waals surface area contributed by atoms with Crippen LogP contribution in [0.3, 0.4) is 0 Å². The van der Waals surface area contributed by atoms with Crippen molar-refractivity contribution in [2.75, 3.05) is 5.75 Å². The summed E-state index contributed by atoms with van der Waals surface area (Å²) in [4.78, 5) is 13.2. The van der Waals surface area contributed by atoms with Crippen molar-refractivity contribution in [2.45, 2.75) is 24.9 Å². The normalized spacial score (nSPS) is 10.6. The quantitative estimate of drug-likeness (QED) is 0.402. The first-order chi connectivity index (χ1) is 13.7. The van der Waals surface area contributed by atoms with Crippen molar-refractivity contribution in [3.05, 3.63) is 71.0 Å². The molecule has 6 nitrogen and oxygen atoms in total. The number of hydrogen-bond donors (Lipinski definition) is 1. The highest BCUT2D eigenvalue weighted by atomic mass is 32.2. The first-order valence-corrected chi connectivity index (χ1v) is 10.4. The second kappa shape index (κ2) is 10.0. The molecular weight excluding hydrogens is 399 g/mol. The number of thioether (sulfide) groups is 1. The second-order valence-electron chi connectivity index (χ2n) is 5.66. The molecule has 0 aliphatic rings. The van der Waals surface area contributed by atoms with E-state index in [0.29, 0.717) is 24.1 Å². The molecule has 28 heavy (non-hydrogen) atoms. The van der Waals surface area contributed by atoms with E-state index in [2.05, 4.69) is 22.1 Å². The molecule has 146 valence electrons. The van der Waals surface area contributed by atoms with Crippen molar-refractivity contribution >= 4 is 29.0 Å². The van der Waals surface area contributed by atoms with Crippen LogP contribution in [-0.2, 0) is 24.5 Å². The Morgan fingerprint density at radius 3 is 2.93 bits per heavy atom. The molecule has 0 aliphatic heterocycles. The summed E-state index contributed by atoms with van der Waals surface area (Å²) in [7, 11) is 0. The SMILES string of the molecule is C=CCn1c(COc2ccccc2F)nnc1SCC(=O)NCc1cccs1. The standard InChI is InChI=1S/C19H19FN4O2S2/c1-2-9-24-17(12-26-16-8-4-3-7-15(16)20)22-23-19(24)28-13-18(25)21-11-14-6-5-10-27-14/h2-8,10H,1,9,11-13H2,(H,21,25). The molecule has 0 saturated heterocycles. The summed E-state index contributed by atoms with van der Waals surface area (Å²) in [6, 6.07) is 10.1. The Morgan fingerprint density at radius 2 is 2.18 bits per heavy atom. The zero-order valence-electron chi connectivity index (χ0n) is 15.0. The number of halogens is 1. The molecule has 2 heterocycles. The van der Waals surface area contributed by atoms with Crippen LogP contribution in [0.1, 0.15) is 10.7 Å². The van der Waals surface area contributed by atoms with Crippen molar-refractivity contribution in [1.82, 2.24) is 20.1 Å². The van der Waals surface area contributed by atoms with Gasteiger partial charge in [-0.1, -0.05) is 36.0 Å². The Bertz CT molecular complexity index is 928. The number of hydrogen-bond acceptors (Lipinski definition) is 6. The van der Waals surface area contributed by atoms with Gasteiger partial charge in [0.2, 0.25) is 5.91 Å². The zero-order chi connectivity index (χ0) is 19.8. The first kappa shape index (κ1) is 20.1. The average Bonchev–Trinajstić information content (AvgIpc) is 3.35. The fourth-order valence-corrected chi connectivity index (χ4v) is 3.77. The van der Waals surface area contributed by atoms with Gasteiger partial charge in [-0.2, -0.15) is 0 Å². The van der Waals surface area contributed by atoms with E-state index in [0.717, 1.165) is 4.88 Å². The van der Waals surface area contributed by atoms with Gasteiger partial charge in [-0.3, -0.25) is 9.36 Å². The van der Waals surface area contributed by atoms with E-state index in [1.807, 2.05) is 17.5 Å². The van der Waals surface area contributed by atoms with Crippen LogP contribution in [0.4, 0.5) is 4.39 Å². The molecule has 2 aromatic heterocycles. The van der Waals surface area contributed by atoms with Crippen LogP contribution in [-0.4, -0.2) is 26.4 Å². The summed E-state index contributed by atoms with van der Waals surface area (Å²) in [5.41, 5.74) is 0. The van der Waals surface area contributed by atoms with Crippen molar-refractivity contribution in [3.8, 4) is 5.75 Å². The molecule has 0 saturated carbocycles. The summed E-state index contributed by atoms with van der Waals surface area (Å²) in [5, 5.41) is 13.7. The number of rotatable bonds is 10. The van der Waals surface area contributed by atoms with Gasteiger partial charge >= 0.3 is 0 Å². The molecule has 0 fully saturated rings. The minimum absolute atomic E-state index is 0.0624. The maximum atomic E-state index is 13.7. The van der Waals surface area contributed by atoms with Crippen LogP contribution in [0.5, 0.6) is 5.75 Å². The molecule has 1 N–H and O–H groups in total. The van der Waals surface area contributed by atoms with Crippen molar-refractivity contribution in [1.29, 1.82) is 0 Å². The van der Waals surface area contributed by atoms with E-state index in [1.165, 1.54) is 17.8 Å². The minimum Gasteiger partial charge on any atom is -0.483 e. The van der Waals surface area contributed by atoms with Crippen LogP contribution in [0.25, 0.3) is 0 Å². The Morgan fingerprint density at radius 1 is 1.32 bits per heavy atom. The summed E-state index contributed by atoms with van der Waals surface area (Å²) in [6.07, 6.45) is 1.71. The number of ether oxygens (including phenoxy) is 1. The summed E-state index contributed by atoms with van der Waals surface area (Å²) < 4.78 is 21.0. The van der Waals surface area contributed by atoms with Gasteiger partial charge in [0.25, 0.3) is 0 Å². The molecule has 3 aromatic rings. The molecule has 9 heteroatoms. The van der Waals surface area contributed by atoms with Gasteiger partial charge in [-0.25, -0.2) is 4.39 Å². The van der Waals surface area contributed by atoms with E-state index >= 15 is 0 Å². The molecule has 0 spiro atoms. The number of carbonyl (C=O) groups is 1. The Kier molecular flexibility index (Phi) is 7.21. The van der Waals surface area contributed by atoms with Gasteiger partial charge < -0.3 is 10.1 Å². The maximum Gasteiger partial charge on any atom is 0.230 e. The minimum atomic E-state index is -0.436. The van der Waals surface area contributed by atoms with Gasteiger partial charge in [0.05, 0.1) is 12.3 Å². The number of carbonyl (C=O) groups excluding carboxylic acids is 1. The lowest BCUT2D eigenvalue weighted by molar-refractivity contribution is -0.118. The van der Waals surface area contributed by atoms with Crippen LogP contribution in [0, 0.1) is 5.82 Å². The van der Waals surface area contributed by atoms with Crippen LogP contribution >= 0.6 is 23.1 Å². The van der Waals surface area contributed by atoms with Gasteiger partial charge in [0.1, 0.15) is 6.61 Å². The third kappa shape index (κ3) is 5.43. The van der Waals surface area contributed by atoms with E-state index in [4.69, 9.17) is 4.74 Å². The van der Waals surface area contributed by atoms with Crippen molar-refractivity contribution in [3.63, 3.8) is 0 Å². The smallest absolute Gasteiger partial charge is 0.230 e. The largest absolute Gasteiger partial charge is 0.483 e. The lowest BCUT2D eigenvalue weighted by Gasteiger charge is -2.09. The van der Waals surface area contributed by atoms with E-state index in [-0.39, 0.29) is 24.0 Å². The third-order valence-electron chi connectivity index (χ3n) is 3.67. The Hall–Kier alpha value is -2.65. The summed E-state index contributed by atoms with van der Waals surface area (Å²) in [6.45, 7) is 4.77. The Labute approximate surface area is 170 Å². The second-order valence-corrected chi connectivity index (χ2v) is 7.64. The van der Waals surface area contributed by atoms with Crippen LogP contribution in [0.15, 0.2) is 59.6 Å². The first-order valence-electron chi connectivity index (χ1n) is 8.49. The number of para-hydroxylation sites is 1. The zero-order valence-corrected chi connectivity index (χ0v) is 16.6. The molecule has 0 unspecified atom stereocenters. The van der Waals surface area contributed by atoms with E-state index in [1.54, 1.807) is 40.2 Å². The van der Waals surface area contributed by atoms with Crippen molar-refractivity contribution < 1.29 is 13.9 Å². The summed E-state index contributed by atoms with van der Waals surface area (Å²) >= 11 is 2.88. The Balaban J connectivity index is 1.57. The molecule has 3 rings (SSSR count). The molecule has 0 bridgehead atoms. The lowest BCUT2D eigenvalue weighted by atomic mass is 10.3. The summed E-state index contributed by atoms with van der Waals surface area (Å²) in [5.74, 6) is 0.377. The predicted octanol–water partition coefficient (Wildman–Crippen LogP) is 3.65. The van der Waals surface area contributed by atoms with Gasteiger partial charge in [0, 0.05) is 11.4 Å². The van der Waals surface area contributed by atoms with Gasteiger partial charge in [0.15, 0.2) is 22.5 Å². The molecule has 0 atom stereocenters. The van der Waals surface area contributed by atoms with E-state index in [9.17, 15) is 9.18 Å². The third-order valence-corrected chi connectivity index (χ3v) is 5.51. The number of nitrogens with zero attached hydrogens (tertiary/aromatic N) is 3. The van der Waals surface area contributed by atoms with E-state index < -0.39 is 5.82 Å². The van der Waals surface area contributed by atoms with Gasteiger partial charge in [-0.15, -0.1) is 28.1 Å². The maximum absolute atomic E-state index is 13.7. The molecule has 1 amide bonds. The van der Waals surface area contributed by atoms with Gasteiger partial charge in [-0.05, 0) is 23.6 Å². The highest BCUT2D eigenvalue weighted by Crippen LogP contribution is 2.20. The number of aromatic nitrogens is 3. The molecule has 1 aromatic carbocycles. The highest BCUT2D eigenvalue weighted by Gasteiger charge is 2.14. The van der Waals surface area contributed by atoms with Crippen LogP contribution in [0.2, 0.25) is 0 Å². The number of thiophene rings is 1. The number of nitrogens with one attached hydrogen (secondary N) is 1. The predicted molar refractivity (Wildman–Crippen MR) is 108 cm³/mol. The fraction of sp³-hybridized carbons (Fsp3) is 0.211. The highest BCUT2D eigenvalue weighted by molar-refractivity contribution is 7.99. The number of benzene rings is 1. The molecular formula is C19H19FN4O2S2. The average molecular weight is 419 g/mol. The topological polar surface area (TPSA) is 69.0 Å². The lowest BCUT2D eigenvalue weighted by Crippen LogP contribution is -2.24. The number of amides is 1. The molecule has 0 aliphatic carbocycles. The van der Waals surface area contributed by atoms with Crippen molar-refractivity contribution in [2.24, 2.45) is 0 Å². The molecule has 0 radical (unpaired) electrons.